The smallest absolute Gasteiger partial charge is 0.211 e. The first-order valence-corrected chi connectivity index (χ1v) is 12.5. The van der Waals surface area contributed by atoms with Gasteiger partial charge in [0.2, 0.25) is 10.0 Å². The van der Waals surface area contributed by atoms with Crippen molar-refractivity contribution in [3.05, 3.63) is 48.5 Å². The maximum atomic E-state index is 11.6. The van der Waals surface area contributed by atoms with Gasteiger partial charge in [-0.1, -0.05) is 18.2 Å². The molecule has 0 aliphatic rings. The molecule has 10 heteroatoms. The second-order valence-electron chi connectivity index (χ2n) is 8.03. The molecule has 3 aromatic heterocycles. The van der Waals surface area contributed by atoms with Gasteiger partial charge in [-0.05, 0) is 44.4 Å². The third-order valence-electron chi connectivity index (χ3n) is 5.77. The molecule has 1 atom stereocenters. The summed E-state index contributed by atoms with van der Waals surface area (Å²) in [6.45, 7) is 4.98. The number of fused-ring (bicyclic) bond motifs is 3. The molecular formula is C23H28N6O3S. The SMILES string of the molecule is CCOCc1nc2c(N)nc3cc(-c4cccnc4)ccc3c2n1CCCC(C)S(N)(=O)=O. The number of ether oxygens (including phenoxy) is 1. The third kappa shape index (κ3) is 4.82. The van der Waals surface area contributed by atoms with Crippen LogP contribution in [0.15, 0.2) is 42.7 Å². The van der Waals surface area contributed by atoms with Crippen molar-refractivity contribution in [1.29, 1.82) is 0 Å². The molecule has 0 saturated heterocycles. The Labute approximate surface area is 192 Å². The van der Waals surface area contributed by atoms with E-state index < -0.39 is 15.3 Å². The molecule has 0 amide bonds. The second-order valence-corrected chi connectivity index (χ2v) is 10.0. The summed E-state index contributed by atoms with van der Waals surface area (Å²) in [5.74, 6) is 1.07. The summed E-state index contributed by atoms with van der Waals surface area (Å²) in [6, 6.07) is 9.92. The molecule has 0 saturated carbocycles. The van der Waals surface area contributed by atoms with E-state index >= 15 is 0 Å². The zero-order chi connectivity index (χ0) is 23.6. The van der Waals surface area contributed by atoms with E-state index in [0.717, 1.165) is 33.4 Å². The number of nitrogen functional groups attached to an aromatic ring is 1. The molecule has 0 aliphatic heterocycles. The Morgan fingerprint density at radius 1 is 1.18 bits per heavy atom. The van der Waals surface area contributed by atoms with Gasteiger partial charge in [-0.3, -0.25) is 4.98 Å². The highest BCUT2D eigenvalue weighted by Crippen LogP contribution is 2.32. The van der Waals surface area contributed by atoms with Gasteiger partial charge in [0.05, 0.1) is 16.3 Å². The number of aryl methyl sites for hydroxylation is 1. The lowest BCUT2D eigenvalue weighted by atomic mass is 10.0. The molecule has 174 valence electrons. The Kier molecular flexibility index (Phi) is 6.59. The van der Waals surface area contributed by atoms with Gasteiger partial charge >= 0.3 is 0 Å². The molecule has 0 aliphatic carbocycles. The maximum absolute atomic E-state index is 11.6. The fourth-order valence-corrected chi connectivity index (χ4v) is 4.41. The number of nitrogens with zero attached hydrogens (tertiary/aromatic N) is 4. The van der Waals surface area contributed by atoms with Crippen molar-refractivity contribution in [2.24, 2.45) is 5.14 Å². The number of hydrogen-bond acceptors (Lipinski definition) is 7. The molecular weight excluding hydrogens is 440 g/mol. The minimum Gasteiger partial charge on any atom is -0.382 e. The monoisotopic (exact) mass is 468 g/mol. The van der Waals surface area contributed by atoms with E-state index in [1.807, 2.05) is 37.3 Å². The van der Waals surface area contributed by atoms with Crippen LogP contribution in [0.1, 0.15) is 32.5 Å². The molecule has 0 radical (unpaired) electrons. The van der Waals surface area contributed by atoms with Crippen LogP contribution >= 0.6 is 0 Å². The second kappa shape index (κ2) is 9.42. The average molecular weight is 469 g/mol. The summed E-state index contributed by atoms with van der Waals surface area (Å²) in [4.78, 5) is 13.5. The minimum atomic E-state index is -3.57. The first-order valence-electron chi connectivity index (χ1n) is 10.9. The summed E-state index contributed by atoms with van der Waals surface area (Å²) in [6.07, 6.45) is 4.59. The molecule has 3 heterocycles. The van der Waals surface area contributed by atoms with Gasteiger partial charge in [-0.2, -0.15) is 0 Å². The molecule has 33 heavy (non-hydrogen) atoms. The lowest BCUT2D eigenvalue weighted by Gasteiger charge is -2.13. The first kappa shape index (κ1) is 23.1. The first-order chi connectivity index (χ1) is 15.8. The van der Waals surface area contributed by atoms with Gasteiger partial charge in [0, 0.05) is 36.5 Å². The van der Waals surface area contributed by atoms with Crippen molar-refractivity contribution in [3.63, 3.8) is 0 Å². The van der Waals surface area contributed by atoms with E-state index in [4.69, 9.17) is 20.6 Å². The van der Waals surface area contributed by atoms with Gasteiger partial charge in [0.15, 0.2) is 5.82 Å². The van der Waals surface area contributed by atoms with Crippen LogP contribution < -0.4 is 10.9 Å². The van der Waals surface area contributed by atoms with Crippen LogP contribution in [0.5, 0.6) is 0 Å². The van der Waals surface area contributed by atoms with Crippen LogP contribution in [0.3, 0.4) is 0 Å². The summed E-state index contributed by atoms with van der Waals surface area (Å²) in [7, 11) is -3.57. The number of nitrogens with two attached hydrogens (primary N) is 2. The zero-order valence-electron chi connectivity index (χ0n) is 18.7. The lowest BCUT2D eigenvalue weighted by Crippen LogP contribution is -2.26. The number of sulfonamides is 1. The standard InChI is InChI=1S/C23H28N6O3S/c1-3-32-14-20-28-21-22(29(20)11-5-6-15(2)33(25,30)31)18-9-8-16(12-19(18)27-23(21)24)17-7-4-10-26-13-17/h4,7-10,12-13,15H,3,5-6,11,14H2,1-2H3,(H2,24,27)(H2,25,30,31). The van der Waals surface area contributed by atoms with Gasteiger partial charge in [-0.15, -0.1) is 0 Å². The summed E-state index contributed by atoms with van der Waals surface area (Å²) < 4.78 is 30.9. The van der Waals surface area contributed by atoms with Gasteiger partial charge in [0.1, 0.15) is 17.9 Å². The van der Waals surface area contributed by atoms with Crippen LogP contribution in [-0.4, -0.2) is 39.8 Å². The van der Waals surface area contributed by atoms with Crippen molar-refractivity contribution in [2.45, 2.75) is 45.1 Å². The Morgan fingerprint density at radius 3 is 2.70 bits per heavy atom. The van der Waals surface area contributed by atoms with E-state index in [0.29, 0.717) is 43.9 Å². The summed E-state index contributed by atoms with van der Waals surface area (Å²) in [5, 5.41) is 5.59. The Morgan fingerprint density at radius 2 is 2.00 bits per heavy atom. The fraction of sp³-hybridized carbons (Fsp3) is 0.348. The predicted molar refractivity (Wildman–Crippen MR) is 130 cm³/mol. The molecule has 4 rings (SSSR count). The van der Waals surface area contributed by atoms with E-state index in [-0.39, 0.29) is 0 Å². The number of rotatable bonds is 9. The molecule has 1 unspecified atom stereocenters. The zero-order valence-corrected chi connectivity index (χ0v) is 19.5. The molecule has 0 fully saturated rings. The van der Waals surface area contributed by atoms with Gasteiger partial charge < -0.3 is 15.0 Å². The van der Waals surface area contributed by atoms with Crippen LogP contribution in [0.25, 0.3) is 33.1 Å². The fourth-order valence-electron chi connectivity index (χ4n) is 3.92. The highest BCUT2D eigenvalue weighted by atomic mass is 32.2. The van der Waals surface area contributed by atoms with Gasteiger partial charge in [-0.25, -0.2) is 23.5 Å². The largest absolute Gasteiger partial charge is 0.382 e. The maximum Gasteiger partial charge on any atom is 0.211 e. The number of aromatic nitrogens is 4. The van der Waals surface area contributed by atoms with Crippen molar-refractivity contribution in [1.82, 2.24) is 19.5 Å². The molecule has 9 nitrogen and oxygen atoms in total. The number of benzene rings is 1. The van der Waals surface area contributed by atoms with Crippen molar-refractivity contribution >= 4 is 37.8 Å². The highest BCUT2D eigenvalue weighted by molar-refractivity contribution is 7.89. The molecule has 1 aromatic carbocycles. The Balaban J connectivity index is 1.80. The number of imidazole rings is 1. The Hall–Kier alpha value is -3.08. The minimum absolute atomic E-state index is 0.324. The van der Waals surface area contributed by atoms with Crippen LogP contribution in [0, 0.1) is 0 Å². The normalized spacial score (nSPS) is 13.1. The van der Waals surface area contributed by atoms with E-state index in [1.165, 1.54) is 0 Å². The summed E-state index contributed by atoms with van der Waals surface area (Å²) in [5.41, 5.74) is 10.5. The molecule has 0 spiro atoms. The van der Waals surface area contributed by atoms with Crippen molar-refractivity contribution in [3.8, 4) is 11.1 Å². The lowest BCUT2D eigenvalue weighted by molar-refractivity contribution is 0.126. The molecule has 4 N–H and O–H groups in total. The van der Waals surface area contributed by atoms with Crippen LogP contribution in [-0.2, 0) is 27.9 Å². The number of anilines is 1. The summed E-state index contributed by atoms with van der Waals surface area (Å²) >= 11 is 0. The number of primary sulfonamides is 1. The number of pyridine rings is 2. The molecule has 0 bridgehead atoms. The van der Waals surface area contributed by atoms with E-state index in [9.17, 15) is 8.42 Å². The van der Waals surface area contributed by atoms with Crippen molar-refractivity contribution < 1.29 is 13.2 Å². The van der Waals surface area contributed by atoms with E-state index in [1.54, 1.807) is 19.3 Å². The van der Waals surface area contributed by atoms with Crippen LogP contribution in [0.4, 0.5) is 5.82 Å². The topological polar surface area (TPSA) is 139 Å². The quantitative estimate of drug-likeness (QED) is 0.384. The number of hydrogen-bond donors (Lipinski definition) is 2. The third-order valence-corrected chi connectivity index (χ3v) is 7.12. The molecule has 4 aromatic rings. The predicted octanol–water partition coefficient (Wildman–Crippen LogP) is 3.22. The van der Waals surface area contributed by atoms with Crippen LogP contribution in [0.2, 0.25) is 0 Å². The average Bonchev–Trinajstić information content (AvgIpc) is 3.16. The highest BCUT2D eigenvalue weighted by Gasteiger charge is 2.19. The van der Waals surface area contributed by atoms with Gasteiger partial charge in [0.25, 0.3) is 0 Å². The van der Waals surface area contributed by atoms with E-state index in [2.05, 4.69) is 14.5 Å². The van der Waals surface area contributed by atoms with Crippen molar-refractivity contribution in [2.75, 3.05) is 12.3 Å². The Bertz CT molecular complexity index is 1390.